The molecular formula is C19H21N3OS. The summed E-state index contributed by atoms with van der Waals surface area (Å²) in [5.41, 5.74) is 4.60. The van der Waals surface area contributed by atoms with Gasteiger partial charge in [0.2, 0.25) is 0 Å². The highest BCUT2D eigenvalue weighted by Gasteiger charge is 2.31. The Morgan fingerprint density at radius 1 is 1.25 bits per heavy atom. The Kier molecular flexibility index (Phi) is 4.81. The van der Waals surface area contributed by atoms with E-state index in [0.717, 1.165) is 23.4 Å². The molecule has 2 aromatic carbocycles. The third-order valence-corrected chi connectivity index (χ3v) is 4.58. The van der Waals surface area contributed by atoms with Crippen LogP contribution in [0.4, 0.5) is 0 Å². The van der Waals surface area contributed by atoms with Crippen LogP contribution in [0.5, 0.6) is 5.75 Å². The second-order valence-corrected chi connectivity index (χ2v) is 6.20. The van der Waals surface area contributed by atoms with Crippen LogP contribution in [0.2, 0.25) is 0 Å². The number of ether oxygens (including phenoxy) is 1. The number of hydrogen-bond acceptors (Lipinski definition) is 3. The van der Waals surface area contributed by atoms with Crippen molar-refractivity contribution in [2.75, 3.05) is 14.2 Å². The molecule has 4 nitrogen and oxygen atoms in total. The van der Waals surface area contributed by atoms with Crippen molar-refractivity contribution in [1.29, 1.82) is 0 Å². The third kappa shape index (κ3) is 3.26. The molecule has 0 spiro atoms. The summed E-state index contributed by atoms with van der Waals surface area (Å²) >= 11 is 5.45. The maximum absolute atomic E-state index is 5.45. The molecule has 5 heteroatoms. The van der Waals surface area contributed by atoms with E-state index in [1.165, 1.54) is 11.1 Å². The van der Waals surface area contributed by atoms with Crippen LogP contribution in [0, 0.1) is 6.92 Å². The van der Waals surface area contributed by atoms with Gasteiger partial charge in [-0.15, -0.1) is 0 Å². The molecule has 1 heterocycles. The van der Waals surface area contributed by atoms with Gasteiger partial charge >= 0.3 is 0 Å². The monoisotopic (exact) mass is 339 g/mol. The Balaban J connectivity index is 1.93. The van der Waals surface area contributed by atoms with E-state index in [4.69, 9.17) is 22.1 Å². The third-order valence-electron chi connectivity index (χ3n) is 4.18. The first-order chi connectivity index (χ1) is 11.6. The fourth-order valence-corrected chi connectivity index (χ4v) is 3.07. The van der Waals surface area contributed by atoms with Crippen molar-refractivity contribution in [2.45, 2.75) is 19.4 Å². The summed E-state index contributed by atoms with van der Waals surface area (Å²) in [6.07, 6.45) is 0.817. The van der Waals surface area contributed by atoms with E-state index >= 15 is 0 Å². The number of benzene rings is 2. The summed E-state index contributed by atoms with van der Waals surface area (Å²) < 4.78 is 5.25. The molecule has 0 saturated carbocycles. The Labute approximate surface area is 148 Å². The number of nitrogens with zero attached hydrogens (tertiary/aromatic N) is 2. The van der Waals surface area contributed by atoms with Crippen LogP contribution in [0.3, 0.4) is 0 Å². The molecule has 1 atom stereocenters. The van der Waals surface area contributed by atoms with Gasteiger partial charge in [0.25, 0.3) is 0 Å². The van der Waals surface area contributed by atoms with Crippen molar-refractivity contribution in [3.8, 4) is 5.75 Å². The molecule has 1 aliphatic rings. The van der Waals surface area contributed by atoms with Crippen molar-refractivity contribution in [3.63, 3.8) is 0 Å². The number of rotatable bonds is 3. The molecule has 124 valence electrons. The van der Waals surface area contributed by atoms with Crippen LogP contribution in [-0.4, -0.2) is 30.0 Å². The molecule has 0 aromatic heterocycles. The van der Waals surface area contributed by atoms with Crippen LogP contribution < -0.4 is 10.1 Å². The number of hydrazone groups is 1. The molecule has 0 fully saturated rings. The molecule has 1 aliphatic heterocycles. The highest BCUT2D eigenvalue weighted by molar-refractivity contribution is 7.80. The van der Waals surface area contributed by atoms with E-state index in [1.807, 2.05) is 24.2 Å². The zero-order valence-electron chi connectivity index (χ0n) is 14.1. The Bertz CT molecular complexity index is 770. The minimum absolute atomic E-state index is 0.0892. The standard InChI is InChI=1S/C19H21N3OS/c1-13-5-4-6-15(11-13)17-12-18(22(21-17)19(24)20-2)14-7-9-16(23-3)10-8-14/h4-11,18H,12H2,1-3H3,(H,20,24)/t18-/m1/s1. The smallest absolute Gasteiger partial charge is 0.189 e. The van der Waals surface area contributed by atoms with E-state index in [-0.39, 0.29) is 6.04 Å². The van der Waals surface area contributed by atoms with E-state index in [1.54, 1.807) is 7.11 Å². The van der Waals surface area contributed by atoms with Crippen molar-refractivity contribution in [3.05, 3.63) is 65.2 Å². The van der Waals surface area contributed by atoms with Gasteiger partial charge in [0, 0.05) is 13.5 Å². The van der Waals surface area contributed by atoms with E-state index in [0.29, 0.717) is 5.11 Å². The molecule has 0 amide bonds. The van der Waals surface area contributed by atoms with Crippen LogP contribution in [0.25, 0.3) is 0 Å². The lowest BCUT2D eigenvalue weighted by Gasteiger charge is -2.23. The average molecular weight is 339 g/mol. The number of aryl methyl sites for hydroxylation is 1. The SMILES string of the molecule is CNC(=S)N1N=C(c2cccc(C)c2)C[C@@H]1c1ccc(OC)cc1. The van der Waals surface area contributed by atoms with Crippen LogP contribution in [-0.2, 0) is 0 Å². The van der Waals surface area contributed by atoms with Gasteiger partial charge < -0.3 is 10.1 Å². The number of methoxy groups -OCH3 is 1. The molecule has 0 unspecified atom stereocenters. The molecule has 0 aliphatic carbocycles. The Hall–Kier alpha value is -2.40. The molecule has 24 heavy (non-hydrogen) atoms. The first-order valence-corrected chi connectivity index (χ1v) is 8.32. The lowest BCUT2D eigenvalue weighted by molar-refractivity contribution is 0.365. The van der Waals surface area contributed by atoms with Crippen molar-refractivity contribution < 1.29 is 4.74 Å². The fraction of sp³-hybridized carbons (Fsp3) is 0.263. The minimum atomic E-state index is 0.0892. The molecule has 0 radical (unpaired) electrons. The predicted molar refractivity (Wildman–Crippen MR) is 102 cm³/mol. The minimum Gasteiger partial charge on any atom is -0.497 e. The van der Waals surface area contributed by atoms with Crippen LogP contribution >= 0.6 is 12.2 Å². The zero-order chi connectivity index (χ0) is 17.1. The zero-order valence-corrected chi connectivity index (χ0v) is 14.9. The van der Waals surface area contributed by atoms with Gasteiger partial charge in [0.1, 0.15) is 5.75 Å². The summed E-state index contributed by atoms with van der Waals surface area (Å²) in [6, 6.07) is 16.6. The Morgan fingerprint density at radius 2 is 2.00 bits per heavy atom. The fourth-order valence-electron chi connectivity index (χ4n) is 2.90. The summed E-state index contributed by atoms with van der Waals surface area (Å²) in [6.45, 7) is 2.09. The number of hydrogen-bond donors (Lipinski definition) is 1. The Morgan fingerprint density at radius 3 is 2.62 bits per heavy atom. The molecule has 0 saturated heterocycles. The van der Waals surface area contributed by atoms with Gasteiger partial charge in [-0.25, -0.2) is 5.01 Å². The summed E-state index contributed by atoms with van der Waals surface area (Å²) in [7, 11) is 3.50. The van der Waals surface area contributed by atoms with Gasteiger partial charge in [-0.3, -0.25) is 0 Å². The first-order valence-electron chi connectivity index (χ1n) is 7.92. The van der Waals surface area contributed by atoms with E-state index in [9.17, 15) is 0 Å². The quantitative estimate of drug-likeness (QED) is 0.866. The normalized spacial score (nSPS) is 16.7. The predicted octanol–water partition coefficient (Wildman–Crippen LogP) is 3.66. The second-order valence-electron chi connectivity index (χ2n) is 5.81. The lowest BCUT2D eigenvalue weighted by Crippen LogP contribution is -2.34. The van der Waals surface area contributed by atoms with Crippen molar-refractivity contribution in [1.82, 2.24) is 10.3 Å². The van der Waals surface area contributed by atoms with E-state index < -0.39 is 0 Å². The van der Waals surface area contributed by atoms with Gasteiger partial charge in [-0.05, 0) is 42.4 Å². The topological polar surface area (TPSA) is 36.9 Å². The van der Waals surface area contributed by atoms with Gasteiger partial charge in [-0.2, -0.15) is 5.10 Å². The first kappa shape index (κ1) is 16.5. The second kappa shape index (κ2) is 7.01. The molecule has 3 rings (SSSR count). The molecule has 1 N–H and O–H groups in total. The summed E-state index contributed by atoms with van der Waals surface area (Å²) in [4.78, 5) is 0. The molecule has 0 bridgehead atoms. The number of thiocarbonyl (C=S) groups is 1. The lowest BCUT2D eigenvalue weighted by atomic mass is 9.98. The maximum atomic E-state index is 5.45. The summed E-state index contributed by atoms with van der Waals surface area (Å²) in [5, 5.41) is 10.3. The van der Waals surface area contributed by atoms with Gasteiger partial charge in [0.15, 0.2) is 5.11 Å². The van der Waals surface area contributed by atoms with Crippen molar-refractivity contribution >= 4 is 23.0 Å². The van der Waals surface area contributed by atoms with Crippen molar-refractivity contribution in [2.24, 2.45) is 5.10 Å². The highest BCUT2D eigenvalue weighted by Crippen LogP contribution is 2.33. The average Bonchev–Trinajstić information content (AvgIpc) is 3.06. The van der Waals surface area contributed by atoms with Gasteiger partial charge in [-0.1, -0.05) is 42.0 Å². The largest absolute Gasteiger partial charge is 0.497 e. The summed E-state index contributed by atoms with van der Waals surface area (Å²) in [5.74, 6) is 0.847. The maximum Gasteiger partial charge on any atom is 0.189 e. The molecular weight excluding hydrogens is 318 g/mol. The molecule has 2 aromatic rings. The van der Waals surface area contributed by atoms with E-state index in [2.05, 4.69) is 48.6 Å². The van der Waals surface area contributed by atoms with Gasteiger partial charge in [0.05, 0.1) is 18.9 Å². The van der Waals surface area contributed by atoms with Crippen LogP contribution in [0.1, 0.15) is 29.2 Å². The number of nitrogens with one attached hydrogen (secondary N) is 1. The van der Waals surface area contributed by atoms with Crippen LogP contribution in [0.15, 0.2) is 53.6 Å². The highest BCUT2D eigenvalue weighted by atomic mass is 32.1.